The third-order valence-corrected chi connectivity index (χ3v) is 4.71. The van der Waals surface area contributed by atoms with Crippen molar-refractivity contribution in [3.63, 3.8) is 0 Å². The number of aryl methyl sites for hydroxylation is 2. The fourth-order valence-corrected chi connectivity index (χ4v) is 3.70. The normalized spacial score (nSPS) is 17.2. The third-order valence-electron chi connectivity index (χ3n) is 4.08. The minimum atomic E-state index is 0.0766. The maximum absolute atomic E-state index is 12.3. The lowest BCUT2D eigenvalue weighted by molar-refractivity contribution is 0.0910. The minimum absolute atomic E-state index is 0.0766. The Kier molecular flexibility index (Phi) is 3.28. The summed E-state index contributed by atoms with van der Waals surface area (Å²) in [7, 11) is 0. The maximum atomic E-state index is 12.3. The second kappa shape index (κ2) is 4.85. The van der Waals surface area contributed by atoms with E-state index in [1.807, 2.05) is 5.51 Å². The molecule has 0 aromatic carbocycles. The van der Waals surface area contributed by atoms with E-state index >= 15 is 0 Å². The number of carbonyl (C=O) groups excluding carboxylic acids is 1. The molecule has 1 aliphatic carbocycles. The summed E-state index contributed by atoms with van der Waals surface area (Å²) in [5.41, 5.74) is 6.45. The van der Waals surface area contributed by atoms with Crippen molar-refractivity contribution in [2.45, 2.75) is 46.6 Å². The monoisotopic (exact) mass is 288 g/mol. The van der Waals surface area contributed by atoms with Crippen LogP contribution in [0.15, 0.2) is 17.0 Å². The Morgan fingerprint density at radius 3 is 2.90 bits per heavy atom. The Morgan fingerprint density at radius 2 is 2.20 bits per heavy atom. The molecule has 0 spiro atoms. The van der Waals surface area contributed by atoms with Crippen LogP contribution in [0.4, 0.5) is 0 Å². The number of rotatable bonds is 3. The zero-order valence-corrected chi connectivity index (χ0v) is 13.1. The highest BCUT2D eigenvalue weighted by molar-refractivity contribution is 7.07. The molecule has 2 heterocycles. The summed E-state index contributed by atoms with van der Waals surface area (Å²) in [6.45, 7) is 7.37. The summed E-state index contributed by atoms with van der Waals surface area (Å²) >= 11 is 1.64. The van der Waals surface area contributed by atoms with Crippen molar-refractivity contribution >= 4 is 17.1 Å². The second-order valence-electron chi connectivity index (χ2n) is 6.47. The fraction of sp³-hybridized carbons (Fsp3) is 0.500. The lowest BCUT2D eigenvalue weighted by Gasteiger charge is -2.29. The molecule has 0 fully saturated rings. The van der Waals surface area contributed by atoms with Crippen molar-refractivity contribution < 1.29 is 4.79 Å². The van der Waals surface area contributed by atoms with Crippen LogP contribution in [0.5, 0.6) is 0 Å². The highest BCUT2D eigenvalue weighted by atomic mass is 32.1. The highest BCUT2D eigenvalue weighted by Gasteiger charge is 2.33. The van der Waals surface area contributed by atoms with E-state index in [0.717, 1.165) is 30.6 Å². The standard InChI is InChI=1S/C16H20N2OS/c1-11-6-13-14(7-16(2,3)8-15(13)19)18(11)5-4-12-9-20-10-17-12/h6,9-10H,4-5,7-8H2,1-3H3. The molecular formula is C16H20N2OS. The molecule has 0 bridgehead atoms. The van der Waals surface area contributed by atoms with Crippen LogP contribution < -0.4 is 0 Å². The first-order chi connectivity index (χ1) is 9.46. The first kappa shape index (κ1) is 13.6. The molecule has 0 atom stereocenters. The predicted octanol–water partition coefficient (Wildman–Crippen LogP) is 3.65. The summed E-state index contributed by atoms with van der Waals surface area (Å²) < 4.78 is 2.31. The van der Waals surface area contributed by atoms with Crippen LogP contribution in [0, 0.1) is 12.3 Å². The van der Waals surface area contributed by atoms with E-state index < -0.39 is 0 Å². The molecule has 20 heavy (non-hydrogen) atoms. The Balaban J connectivity index is 1.90. The average Bonchev–Trinajstić information content (AvgIpc) is 2.94. The zero-order valence-electron chi connectivity index (χ0n) is 12.3. The van der Waals surface area contributed by atoms with Crippen molar-refractivity contribution in [2.24, 2.45) is 5.41 Å². The third kappa shape index (κ3) is 2.44. The van der Waals surface area contributed by atoms with Gasteiger partial charge < -0.3 is 4.57 Å². The van der Waals surface area contributed by atoms with Gasteiger partial charge in [-0.3, -0.25) is 4.79 Å². The highest BCUT2D eigenvalue weighted by Crippen LogP contribution is 2.36. The fourth-order valence-electron chi connectivity index (χ4n) is 3.10. The molecule has 0 radical (unpaired) electrons. The minimum Gasteiger partial charge on any atom is -0.348 e. The predicted molar refractivity (Wildman–Crippen MR) is 81.4 cm³/mol. The molecule has 0 saturated carbocycles. The first-order valence-corrected chi connectivity index (χ1v) is 8.00. The molecule has 0 saturated heterocycles. The van der Waals surface area contributed by atoms with Crippen LogP contribution in [0.3, 0.4) is 0 Å². The van der Waals surface area contributed by atoms with Crippen molar-refractivity contribution in [2.75, 3.05) is 0 Å². The average molecular weight is 288 g/mol. The van der Waals surface area contributed by atoms with Gasteiger partial charge in [-0.2, -0.15) is 0 Å². The van der Waals surface area contributed by atoms with Crippen LogP contribution in [0.2, 0.25) is 0 Å². The molecule has 0 aliphatic heterocycles. The number of aromatic nitrogens is 2. The summed E-state index contributed by atoms with van der Waals surface area (Å²) in [6, 6.07) is 2.06. The van der Waals surface area contributed by atoms with E-state index in [4.69, 9.17) is 0 Å². The van der Waals surface area contributed by atoms with E-state index in [0.29, 0.717) is 12.2 Å². The van der Waals surface area contributed by atoms with Crippen molar-refractivity contribution in [3.8, 4) is 0 Å². The topological polar surface area (TPSA) is 34.9 Å². The van der Waals surface area contributed by atoms with E-state index in [1.54, 1.807) is 11.3 Å². The van der Waals surface area contributed by atoms with Gasteiger partial charge in [-0.15, -0.1) is 11.3 Å². The van der Waals surface area contributed by atoms with Gasteiger partial charge in [0.15, 0.2) is 5.78 Å². The van der Waals surface area contributed by atoms with Crippen LogP contribution in [0.1, 0.15) is 47.7 Å². The quantitative estimate of drug-likeness (QED) is 0.864. The Bertz CT molecular complexity index is 638. The van der Waals surface area contributed by atoms with Gasteiger partial charge in [0, 0.05) is 41.7 Å². The van der Waals surface area contributed by atoms with Crippen molar-refractivity contribution in [3.05, 3.63) is 39.6 Å². The number of hydrogen-bond donors (Lipinski definition) is 0. The Hall–Kier alpha value is -1.42. The Morgan fingerprint density at radius 1 is 1.40 bits per heavy atom. The summed E-state index contributed by atoms with van der Waals surface area (Å²) in [6.07, 6.45) is 2.58. The van der Waals surface area contributed by atoms with Crippen molar-refractivity contribution in [1.82, 2.24) is 9.55 Å². The molecule has 1 aliphatic rings. The van der Waals surface area contributed by atoms with Crippen LogP contribution in [-0.4, -0.2) is 15.3 Å². The summed E-state index contributed by atoms with van der Waals surface area (Å²) in [5.74, 6) is 0.298. The number of Topliss-reactive ketones (excluding diaryl/α,β-unsaturated/α-hetero) is 1. The molecule has 0 amide bonds. The van der Waals surface area contributed by atoms with E-state index in [-0.39, 0.29) is 5.41 Å². The van der Waals surface area contributed by atoms with Gasteiger partial charge in [0.25, 0.3) is 0 Å². The first-order valence-electron chi connectivity index (χ1n) is 7.05. The van der Waals surface area contributed by atoms with Gasteiger partial charge in [0.05, 0.1) is 11.2 Å². The number of ketones is 1. The molecule has 3 nitrogen and oxygen atoms in total. The molecule has 2 aromatic rings. The molecule has 2 aromatic heterocycles. The molecule has 0 N–H and O–H groups in total. The van der Waals surface area contributed by atoms with Gasteiger partial charge >= 0.3 is 0 Å². The van der Waals surface area contributed by atoms with Gasteiger partial charge in [0.2, 0.25) is 0 Å². The molecule has 0 unspecified atom stereocenters. The summed E-state index contributed by atoms with van der Waals surface area (Å²) in [5, 5.41) is 2.10. The van der Waals surface area contributed by atoms with Crippen LogP contribution >= 0.6 is 11.3 Å². The molecule has 4 heteroatoms. The lowest BCUT2D eigenvalue weighted by atomic mass is 9.76. The van der Waals surface area contributed by atoms with E-state index in [2.05, 4.69) is 41.8 Å². The molecule has 106 valence electrons. The number of hydrogen-bond acceptors (Lipinski definition) is 3. The van der Waals surface area contributed by atoms with Crippen LogP contribution in [-0.2, 0) is 19.4 Å². The number of nitrogens with zero attached hydrogens (tertiary/aromatic N) is 2. The Labute approximate surface area is 123 Å². The molecule has 3 rings (SSSR count). The number of thiazole rings is 1. The number of fused-ring (bicyclic) bond motifs is 1. The van der Waals surface area contributed by atoms with Gasteiger partial charge in [0.1, 0.15) is 0 Å². The van der Waals surface area contributed by atoms with E-state index in [9.17, 15) is 4.79 Å². The second-order valence-corrected chi connectivity index (χ2v) is 7.19. The summed E-state index contributed by atoms with van der Waals surface area (Å²) in [4.78, 5) is 16.6. The van der Waals surface area contributed by atoms with Gasteiger partial charge in [-0.25, -0.2) is 4.98 Å². The lowest BCUT2D eigenvalue weighted by Crippen LogP contribution is -2.28. The van der Waals surface area contributed by atoms with Crippen molar-refractivity contribution in [1.29, 1.82) is 0 Å². The largest absolute Gasteiger partial charge is 0.348 e. The zero-order chi connectivity index (χ0) is 14.3. The van der Waals surface area contributed by atoms with Crippen LogP contribution in [0.25, 0.3) is 0 Å². The SMILES string of the molecule is Cc1cc2c(n1CCc1cscn1)CC(C)(C)CC2=O. The smallest absolute Gasteiger partial charge is 0.165 e. The van der Waals surface area contributed by atoms with Gasteiger partial charge in [-0.05, 0) is 24.8 Å². The molecular weight excluding hydrogens is 268 g/mol. The number of carbonyl (C=O) groups is 1. The maximum Gasteiger partial charge on any atom is 0.165 e. The van der Waals surface area contributed by atoms with E-state index in [1.165, 1.54) is 11.4 Å². The van der Waals surface area contributed by atoms with Gasteiger partial charge in [-0.1, -0.05) is 13.8 Å².